The SMILES string of the molecule is c1cnc(CNCC2CCCOC2)cn1. The molecule has 1 N–H and O–H groups in total. The summed E-state index contributed by atoms with van der Waals surface area (Å²) in [7, 11) is 0. The van der Waals surface area contributed by atoms with Crippen LogP contribution in [0.5, 0.6) is 0 Å². The highest BCUT2D eigenvalue weighted by atomic mass is 16.5. The van der Waals surface area contributed by atoms with E-state index in [1.807, 2.05) is 0 Å². The summed E-state index contributed by atoms with van der Waals surface area (Å²) in [6, 6.07) is 0. The standard InChI is InChI=1S/C11H17N3O/c1-2-10(9-15-5-1)6-13-8-11-7-12-3-4-14-11/h3-4,7,10,13H,1-2,5-6,8-9H2. The second-order valence-electron chi connectivity index (χ2n) is 3.91. The fourth-order valence-electron chi connectivity index (χ4n) is 1.79. The highest BCUT2D eigenvalue weighted by Gasteiger charge is 2.12. The lowest BCUT2D eigenvalue weighted by Gasteiger charge is -2.22. The molecule has 1 aromatic rings. The molecule has 4 nitrogen and oxygen atoms in total. The first-order valence-electron chi connectivity index (χ1n) is 5.48. The van der Waals surface area contributed by atoms with E-state index in [0.29, 0.717) is 5.92 Å². The minimum Gasteiger partial charge on any atom is -0.381 e. The quantitative estimate of drug-likeness (QED) is 0.800. The van der Waals surface area contributed by atoms with Crippen LogP contribution in [-0.2, 0) is 11.3 Å². The van der Waals surface area contributed by atoms with E-state index in [0.717, 1.165) is 32.0 Å². The summed E-state index contributed by atoms with van der Waals surface area (Å²) in [5.74, 6) is 0.662. The summed E-state index contributed by atoms with van der Waals surface area (Å²) in [5, 5.41) is 3.39. The number of hydrogen-bond donors (Lipinski definition) is 1. The van der Waals surface area contributed by atoms with Gasteiger partial charge in [0.2, 0.25) is 0 Å². The van der Waals surface area contributed by atoms with Crippen molar-refractivity contribution >= 4 is 0 Å². The van der Waals surface area contributed by atoms with Gasteiger partial charge in [-0.3, -0.25) is 9.97 Å². The molecule has 1 aliphatic heterocycles. The summed E-state index contributed by atoms with van der Waals surface area (Å²) in [6.45, 7) is 3.63. The first-order chi connectivity index (χ1) is 7.45. The zero-order chi connectivity index (χ0) is 10.3. The van der Waals surface area contributed by atoms with Gasteiger partial charge in [0.05, 0.1) is 12.3 Å². The van der Waals surface area contributed by atoms with Crippen molar-refractivity contribution in [1.82, 2.24) is 15.3 Å². The molecule has 1 unspecified atom stereocenters. The number of hydrogen-bond acceptors (Lipinski definition) is 4. The summed E-state index contributed by atoms with van der Waals surface area (Å²) in [5.41, 5.74) is 0.995. The third kappa shape index (κ3) is 3.57. The molecule has 0 amide bonds. The second-order valence-corrected chi connectivity index (χ2v) is 3.91. The Morgan fingerprint density at radius 2 is 2.47 bits per heavy atom. The fraction of sp³-hybridized carbons (Fsp3) is 0.636. The van der Waals surface area contributed by atoms with Gasteiger partial charge in [0, 0.05) is 38.3 Å². The van der Waals surface area contributed by atoms with E-state index in [1.165, 1.54) is 12.8 Å². The van der Waals surface area contributed by atoms with Gasteiger partial charge in [-0.15, -0.1) is 0 Å². The number of nitrogens with one attached hydrogen (secondary N) is 1. The van der Waals surface area contributed by atoms with E-state index < -0.39 is 0 Å². The smallest absolute Gasteiger partial charge is 0.0724 e. The molecule has 0 saturated carbocycles. The predicted octanol–water partition coefficient (Wildman–Crippen LogP) is 0.993. The Labute approximate surface area is 90.1 Å². The van der Waals surface area contributed by atoms with Crippen molar-refractivity contribution in [3.05, 3.63) is 24.3 Å². The van der Waals surface area contributed by atoms with Gasteiger partial charge in [0.15, 0.2) is 0 Å². The van der Waals surface area contributed by atoms with E-state index >= 15 is 0 Å². The molecular weight excluding hydrogens is 190 g/mol. The largest absolute Gasteiger partial charge is 0.381 e. The topological polar surface area (TPSA) is 47.0 Å². The first kappa shape index (κ1) is 10.5. The zero-order valence-electron chi connectivity index (χ0n) is 8.85. The molecule has 1 aromatic heterocycles. The number of nitrogens with zero attached hydrogens (tertiary/aromatic N) is 2. The Balaban J connectivity index is 1.66. The van der Waals surface area contributed by atoms with Crippen LogP contribution >= 0.6 is 0 Å². The predicted molar refractivity (Wildman–Crippen MR) is 57.3 cm³/mol. The van der Waals surface area contributed by atoms with Crippen LogP contribution in [0.4, 0.5) is 0 Å². The van der Waals surface area contributed by atoms with Crippen LogP contribution in [0.3, 0.4) is 0 Å². The lowest BCUT2D eigenvalue weighted by Crippen LogP contribution is -2.29. The average Bonchev–Trinajstić information content (AvgIpc) is 2.32. The molecule has 0 spiro atoms. The monoisotopic (exact) mass is 207 g/mol. The molecule has 82 valence electrons. The molecule has 1 atom stereocenters. The highest BCUT2D eigenvalue weighted by Crippen LogP contribution is 2.12. The fourth-order valence-corrected chi connectivity index (χ4v) is 1.79. The first-order valence-corrected chi connectivity index (χ1v) is 5.48. The summed E-state index contributed by atoms with van der Waals surface area (Å²) in [4.78, 5) is 8.23. The van der Waals surface area contributed by atoms with Gasteiger partial charge >= 0.3 is 0 Å². The van der Waals surface area contributed by atoms with E-state index in [4.69, 9.17) is 4.74 Å². The lowest BCUT2D eigenvalue weighted by atomic mass is 10.0. The molecule has 0 aromatic carbocycles. The Hall–Kier alpha value is -1.00. The van der Waals surface area contributed by atoms with Gasteiger partial charge in [0.1, 0.15) is 0 Å². The van der Waals surface area contributed by atoms with Crippen molar-refractivity contribution < 1.29 is 4.74 Å². The minimum atomic E-state index is 0.662. The zero-order valence-corrected chi connectivity index (χ0v) is 8.85. The van der Waals surface area contributed by atoms with Crippen LogP contribution in [0, 0.1) is 5.92 Å². The van der Waals surface area contributed by atoms with Crippen molar-refractivity contribution in [2.75, 3.05) is 19.8 Å². The van der Waals surface area contributed by atoms with Gasteiger partial charge in [-0.1, -0.05) is 0 Å². The Bertz CT molecular complexity index is 272. The maximum atomic E-state index is 5.42. The third-order valence-corrected chi connectivity index (χ3v) is 2.61. The van der Waals surface area contributed by atoms with Crippen molar-refractivity contribution in [3.8, 4) is 0 Å². The molecule has 0 bridgehead atoms. The molecular formula is C11H17N3O. The van der Waals surface area contributed by atoms with Gasteiger partial charge in [-0.05, 0) is 18.8 Å². The summed E-state index contributed by atoms with van der Waals surface area (Å²) >= 11 is 0. The van der Waals surface area contributed by atoms with Crippen molar-refractivity contribution in [1.29, 1.82) is 0 Å². The van der Waals surface area contributed by atoms with Gasteiger partial charge < -0.3 is 10.1 Å². The van der Waals surface area contributed by atoms with Crippen LogP contribution in [0.1, 0.15) is 18.5 Å². The normalized spacial score (nSPS) is 21.5. The van der Waals surface area contributed by atoms with Crippen LogP contribution in [0.2, 0.25) is 0 Å². The summed E-state index contributed by atoms with van der Waals surface area (Å²) in [6.07, 6.45) is 7.68. The molecule has 0 aliphatic carbocycles. The van der Waals surface area contributed by atoms with E-state index in [9.17, 15) is 0 Å². The maximum Gasteiger partial charge on any atom is 0.0724 e. The Morgan fingerprint density at radius 1 is 1.47 bits per heavy atom. The number of rotatable bonds is 4. The molecule has 1 aliphatic rings. The molecule has 1 fully saturated rings. The van der Waals surface area contributed by atoms with Crippen LogP contribution in [-0.4, -0.2) is 29.7 Å². The van der Waals surface area contributed by atoms with Gasteiger partial charge in [-0.25, -0.2) is 0 Å². The molecule has 2 heterocycles. The van der Waals surface area contributed by atoms with Crippen molar-refractivity contribution in [2.45, 2.75) is 19.4 Å². The average molecular weight is 207 g/mol. The van der Waals surface area contributed by atoms with Crippen LogP contribution in [0.15, 0.2) is 18.6 Å². The summed E-state index contributed by atoms with van der Waals surface area (Å²) < 4.78 is 5.42. The number of ether oxygens (including phenoxy) is 1. The van der Waals surface area contributed by atoms with E-state index in [2.05, 4.69) is 15.3 Å². The molecule has 1 saturated heterocycles. The lowest BCUT2D eigenvalue weighted by molar-refractivity contribution is 0.0547. The molecule has 4 heteroatoms. The minimum absolute atomic E-state index is 0.662. The second kappa shape index (κ2) is 5.78. The van der Waals surface area contributed by atoms with Crippen molar-refractivity contribution in [3.63, 3.8) is 0 Å². The molecule has 2 rings (SSSR count). The maximum absolute atomic E-state index is 5.42. The Morgan fingerprint density at radius 3 is 3.20 bits per heavy atom. The van der Waals surface area contributed by atoms with Gasteiger partial charge in [0.25, 0.3) is 0 Å². The Kier molecular flexibility index (Phi) is 4.05. The third-order valence-electron chi connectivity index (χ3n) is 2.61. The molecule has 15 heavy (non-hydrogen) atoms. The van der Waals surface area contributed by atoms with Crippen molar-refractivity contribution in [2.24, 2.45) is 5.92 Å². The van der Waals surface area contributed by atoms with Crippen LogP contribution < -0.4 is 5.32 Å². The highest BCUT2D eigenvalue weighted by molar-refractivity contribution is 4.93. The molecule has 0 radical (unpaired) electrons. The van der Waals surface area contributed by atoms with Crippen LogP contribution in [0.25, 0.3) is 0 Å². The van der Waals surface area contributed by atoms with Gasteiger partial charge in [-0.2, -0.15) is 0 Å². The van der Waals surface area contributed by atoms with E-state index in [1.54, 1.807) is 18.6 Å². The van der Waals surface area contributed by atoms with E-state index in [-0.39, 0.29) is 0 Å². The number of aromatic nitrogens is 2.